The van der Waals surface area contributed by atoms with Crippen molar-refractivity contribution < 1.29 is 13.9 Å². The second kappa shape index (κ2) is 9.32. The number of ether oxygens (including phenoxy) is 1. The smallest absolute Gasteiger partial charge is 0.409 e. The van der Waals surface area contributed by atoms with Crippen molar-refractivity contribution in [1.29, 1.82) is 0 Å². The van der Waals surface area contributed by atoms with Gasteiger partial charge in [-0.15, -0.1) is 0 Å². The number of hydrogen-bond donors (Lipinski definition) is 0. The monoisotopic (exact) mass is 400 g/mol. The van der Waals surface area contributed by atoms with Gasteiger partial charge in [0, 0.05) is 36.2 Å². The predicted molar refractivity (Wildman–Crippen MR) is 116 cm³/mol. The fraction of sp³-hybridized carbons (Fsp3) is 0.280. The van der Waals surface area contributed by atoms with Crippen LogP contribution < -0.4 is 0 Å². The van der Waals surface area contributed by atoms with Crippen LogP contribution in [0, 0.1) is 18.8 Å². The second-order valence-corrected chi connectivity index (χ2v) is 7.34. The summed E-state index contributed by atoms with van der Waals surface area (Å²) in [6.45, 7) is 3.61. The summed E-state index contributed by atoms with van der Waals surface area (Å²) in [5, 5.41) is 1.07. The van der Waals surface area contributed by atoms with Crippen LogP contribution in [-0.2, 0) is 11.2 Å². The topological polar surface area (TPSA) is 55.6 Å². The molecule has 152 valence electrons. The van der Waals surface area contributed by atoms with Crippen LogP contribution in [-0.4, -0.2) is 35.7 Å². The second-order valence-electron chi connectivity index (χ2n) is 7.34. The Hall–Kier alpha value is -3.52. The van der Waals surface area contributed by atoms with Crippen LogP contribution in [0.1, 0.15) is 29.8 Å². The van der Waals surface area contributed by atoms with E-state index >= 15 is 0 Å². The van der Waals surface area contributed by atoms with Crippen molar-refractivity contribution in [2.24, 2.45) is 0 Å². The lowest BCUT2D eigenvalue weighted by molar-refractivity contribution is 0.100. The molecular weight excluding hydrogens is 376 g/mol. The summed E-state index contributed by atoms with van der Waals surface area (Å²) in [5.74, 6) is 6.16. The van der Waals surface area contributed by atoms with E-state index in [1.165, 1.54) is 5.57 Å². The minimum atomic E-state index is -0.253. The molecular formula is C25H24N2O3. The Morgan fingerprint density at radius 3 is 2.87 bits per heavy atom. The van der Waals surface area contributed by atoms with Gasteiger partial charge in [0.05, 0.1) is 12.9 Å². The molecule has 1 aliphatic rings. The number of carbonyl (C=O) groups excluding carboxylic acids is 1. The summed E-state index contributed by atoms with van der Waals surface area (Å²) >= 11 is 0. The highest BCUT2D eigenvalue weighted by Crippen LogP contribution is 2.21. The SMILES string of the molecule is Cc1cccc(C#CC=C2CCN(C(=O)OCCc3coc4ccccc34)CC2)n1. The molecule has 3 heterocycles. The lowest BCUT2D eigenvalue weighted by Gasteiger charge is -2.27. The minimum absolute atomic E-state index is 0.253. The zero-order chi connectivity index (χ0) is 20.8. The molecule has 3 aromatic rings. The number of rotatable bonds is 3. The maximum absolute atomic E-state index is 12.4. The van der Waals surface area contributed by atoms with E-state index in [9.17, 15) is 4.79 Å². The van der Waals surface area contributed by atoms with Crippen LogP contribution in [0.15, 0.2) is 64.8 Å². The number of aromatic nitrogens is 1. The molecule has 30 heavy (non-hydrogen) atoms. The Morgan fingerprint density at radius 1 is 1.20 bits per heavy atom. The van der Waals surface area contributed by atoms with E-state index in [1.54, 1.807) is 11.2 Å². The predicted octanol–water partition coefficient (Wildman–Crippen LogP) is 4.89. The average Bonchev–Trinajstić information content (AvgIpc) is 3.17. The van der Waals surface area contributed by atoms with Crippen molar-refractivity contribution in [3.05, 3.63) is 77.3 Å². The quantitative estimate of drug-likeness (QED) is 0.588. The molecule has 0 aliphatic carbocycles. The molecule has 0 radical (unpaired) electrons. The number of amides is 1. The molecule has 4 rings (SSSR count). The molecule has 2 aromatic heterocycles. The van der Waals surface area contributed by atoms with E-state index in [4.69, 9.17) is 9.15 Å². The number of likely N-dealkylation sites (tertiary alicyclic amines) is 1. The number of aryl methyl sites for hydroxylation is 1. The summed E-state index contributed by atoms with van der Waals surface area (Å²) in [7, 11) is 0. The van der Waals surface area contributed by atoms with Gasteiger partial charge >= 0.3 is 6.09 Å². The first-order chi connectivity index (χ1) is 14.7. The lowest BCUT2D eigenvalue weighted by atomic mass is 10.0. The van der Waals surface area contributed by atoms with Crippen LogP contribution in [0.5, 0.6) is 0 Å². The van der Waals surface area contributed by atoms with Gasteiger partial charge < -0.3 is 14.1 Å². The average molecular weight is 400 g/mol. The highest BCUT2D eigenvalue weighted by molar-refractivity contribution is 5.80. The fourth-order valence-corrected chi connectivity index (χ4v) is 3.51. The van der Waals surface area contributed by atoms with E-state index < -0.39 is 0 Å². The molecule has 1 fully saturated rings. The summed E-state index contributed by atoms with van der Waals surface area (Å²) in [6, 6.07) is 13.7. The molecule has 5 nitrogen and oxygen atoms in total. The first kappa shape index (κ1) is 19.8. The van der Waals surface area contributed by atoms with E-state index in [-0.39, 0.29) is 6.09 Å². The fourth-order valence-electron chi connectivity index (χ4n) is 3.51. The van der Waals surface area contributed by atoms with Gasteiger partial charge in [-0.2, -0.15) is 0 Å². The third-order valence-electron chi connectivity index (χ3n) is 5.19. The van der Waals surface area contributed by atoms with Crippen molar-refractivity contribution in [2.45, 2.75) is 26.2 Å². The number of hydrogen-bond acceptors (Lipinski definition) is 4. The first-order valence-corrected chi connectivity index (χ1v) is 10.2. The number of allylic oxidation sites excluding steroid dienone is 1. The molecule has 0 N–H and O–H groups in total. The van der Waals surface area contributed by atoms with Gasteiger partial charge in [0.1, 0.15) is 11.3 Å². The van der Waals surface area contributed by atoms with Crippen molar-refractivity contribution in [3.8, 4) is 11.8 Å². The van der Waals surface area contributed by atoms with Gasteiger partial charge in [-0.05, 0) is 50.0 Å². The molecule has 1 amide bonds. The number of benzene rings is 1. The molecule has 0 atom stereocenters. The summed E-state index contributed by atoms with van der Waals surface area (Å²) < 4.78 is 11.0. The number of nitrogens with zero attached hydrogens (tertiary/aromatic N) is 2. The minimum Gasteiger partial charge on any atom is -0.464 e. The van der Waals surface area contributed by atoms with Crippen molar-refractivity contribution in [3.63, 3.8) is 0 Å². The molecule has 0 bridgehead atoms. The van der Waals surface area contributed by atoms with Crippen LogP contribution in [0.25, 0.3) is 11.0 Å². The number of carbonyl (C=O) groups is 1. The summed E-state index contributed by atoms with van der Waals surface area (Å²) in [6.07, 6.45) is 5.72. The third kappa shape index (κ3) is 4.90. The van der Waals surface area contributed by atoms with Crippen molar-refractivity contribution in [1.82, 2.24) is 9.88 Å². The van der Waals surface area contributed by atoms with Gasteiger partial charge in [-0.3, -0.25) is 0 Å². The van der Waals surface area contributed by atoms with Crippen molar-refractivity contribution >= 4 is 17.1 Å². The Labute approximate surface area is 176 Å². The third-order valence-corrected chi connectivity index (χ3v) is 5.19. The van der Waals surface area contributed by atoms with Crippen molar-refractivity contribution in [2.75, 3.05) is 19.7 Å². The Kier molecular flexibility index (Phi) is 6.14. The molecule has 0 spiro atoms. The largest absolute Gasteiger partial charge is 0.464 e. The number of para-hydroxylation sites is 1. The van der Waals surface area contributed by atoms with Gasteiger partial charge in [0.2, 0.25) is 0 Å². The number of furan rings is 1. The van der Waals surface area contributed by atoms with E-state index in [2.05, 4.69) is 16.8 Å². The Balaban J connectivity index is 1.23. The van der Waals surface area contributed by atoms with Crippen LogP contribution in [0.2, 0.25) is 0 Å². The normalized spacial score (nSPS) is 13.6. The van der Waals surface area contributed by atoms with Gasteiger partial charge in [-0.1, -0.05) is 35.8 Å². The highest BCUT2D eigenvalue weighted by atomic mass is 16.6. The van der Waals surface area contributed by atoms with Gasteiger partial charge in [-0.25, -0.2) is 9.78 Å². The zero-order valence-corrected chi connectivity index (χ0v) is 17.1. The summed E-state index contributed by atoms with van der Waals surface area (Å²) in [5.41, 5.74) is 4.91. The highest BCUT2D eigenvalue weighted by Gasteiger charge is 2.20. The van der Waals surface area contributed by atoms with Crippen LogP contribution in [0.4, 0.5) is 4.79 Å². The molecule has 1 saturated heterocycles. The van der Waals surface area contributed by atoms with Crippen LogP contribution in [0.3, 0.4) is 0 Å². The standard InChI is InChI=1S/C25H24N2O3/c1-19-6-4-8-22(26-19)9-5-7-20-12-15-27(16-13-20)25(28)29-17-14-21-18-30-24-11-3-2-10-23(21)24/h2-4,6-8,10-11,18H,12-17H2,1H3. The molecule has 1 aliphatic heterocycles. The molecule has 0 unspecified atom stereocenters. The Bertz CT molecular complexity index is 1120. The van der Waals surface area contributed by atoms with E-state index in [1.807, 2.05) is 55.5 Å². The summed E-state index contributed by atoms with van der Waals surface area (Å²) in [4.78, 5) is 18.5. The number of piperidine rings is 1. The molecule has 5 heteroatoms. The van der Waals surface area contributed by atoms with Gasteiger partial charge in [0.15, 0.2) is 0 Å². The molecule has 0 saturated carbocycles. The maximum Gasteiger partial charge on any atom is 0.409 e. The van der Waals surface area contributed by atoms with Gasteiger partial charge in [0.25, 0.3) is 0 Å². The van der Waals surface area contributed by atoms with Crippen LogP contribution >= 0.6 is 0 Å². The zero-order valence-electron chi connectivity index (χ0n) is 17.1. The lowest BCUT2D eigenvalue weighted by Crippen LogP contribution is -2.37. The van der Waals surface area contributed by atoms with E-state index in [0.717, 1.165) is 40.8 Å². The van der Waals surface area contributed by atoms with E-state index in [0.29, 0.717) is 26.1 Å². The maximum atomic E-state index is 12.4. The first-order valence-electron chi connectivity index (χ1n) is 10.2. The Morgan fingerprint density at radius 2 is 2.03 bits per heavy atom. The number of pyridine rings is 1. The molecule has 1 aromatic carbocycles. The number of fused-ring (bicyclic) bond motifs is 1.